The molecule has 140 valence electrons. The predicted octanol–water partition coefficient (Wildman–Crippen LogP) is 3.71. The first-order valence-corrected chi connectivity index (χ1v) is 10.2. The van der Waals surface area contributed by atoms with Crippen LogP contribution < -0.4 is 5.32 Å². The lowest BCUT2D eigenvalue weighted by Gasteiger charge is -2.34. The lowest BCUT2D eigenvalue weighted by atomic mass is 10.2. The van der Waals surface area contributed by atoms with Gasteiger partial charge in [-0.3, -0.25) is 14.6 Å². The molecule has 1 fully saturated rings. The summed E-state index contributed by atoms with van der Waals surface area (Å²) in [5.41, 5.74) is 2.19. The zero-order valence-corrected chi connectivity index (χ0v) is 16.5. The van der Waals surface area contributed by atoms with Crippen molar-refractivity contribution in [2.75, 3.05) is 38.0 Å². The summed E-state index contributed by atoms with van der Waals surface area (Å²) in [6.07, 6.45) is 0. The molecule has 0 spiro atoms. The maximum Gasteiger partial charge on any atom is 0.240 e. The van der Waals surface area contributed by atoms with E-state index in [9.17, 15) is 4.79 Å². The Morgan fingerprint density at radius 3 is 2.48 bits per heavy atom. The van der Waals surface area contributed by atoms with Crippen LogP contribution in [0.2, 0.25) is 5.02 Å². The van der Waals surface area contributed by atoms with E-state index in [1.54, 1.807) is 0 Å². The van der Waals surface area contributed by atoms with Crippen molar-refractivity contribution >= 4 is 44.2 Å². The van der Waals surface area contributed by atoms with E-state index >= 15 is 0 Å². The second-order valence-corrected chi connectivity index (χ2v) is 8.18. The molecule has 0 aliphatic carbocycles. The minimum Gasteiger partial charge on any atom is -0.301 e. The standard InChI is InChI=1S/C20H21ClN4OS/c21-16-7-5-15(6-8-16)13-24-9-11-25(12-10-24)14-19(26)23-20-22-17-3-1-2-4-18(17)27-20/h1-8H,9-14H2,(H,22,23,26). The van der Waals surface area contributed by atoms with E-state index in [1.165, 1.54) is 16.9 Å². The molecule has 0 atom stereocenters. The molecule has 1 saturated heterocycles. The van der Waals surface area contributed by atoms with Crippen LogP contribution in [0.1, 0.15) is 5.56 Å². The first kappa shape index (κ1) is 18.4. The molecule has 27 heavy (non-hydrogen) atoms. The molecule has 0 unspecified atom stereocenters. The number of carbonyl (C=O) groups excluding carboxylic acids is 1. The van der Waals surface area contributed by atoms with Crippen LogP contribution in [0.5, 0.6) is 0 Å². The zero-order chi connectivity index (χ0) is 18.6. The van der Waals surface area contributed by atoms with E-state index < -0.39 is 0 Å². The molecule has 5 nitrogen and oxygen atoms in total. The number of thiazole rings is 1. The Balaban J connectivity index is 1.24. The van der Waals surface area contributed by atoms with Gasteiger partial charge in [0.1, 0.15) is 0 Å². The maximum absolute atomic E-state index is 12.3. The van der Waals surface area contributed by atoms with Crippen LogP contribution in [0.15, 0.2) is 48.5 Å². The van der Waals surface area contributed by atoms with Crippen molar-refractivity contribution in [3.05, 3.63) is 59.1 Å². The SMILES string of the molecule is O=C(CN1CCN(Cc2ccc(Cl)cc2)CC1)Nc1nc2ccccc2s1. The fraction of sp³-hybridized carbons (Fsp3) is 0.300. The third-order valence-corrected chi connectivity index (χ3v) is 5.90. The van der Waals surface area contributed by atoms with Crippen LogP contribution in [0.3, 0.4) is 0 Å². The van der Waals surface area contributed by atoms with Gasteiger partial charge in [0.25, 0.3) is 0 Å². The number of carbonyl (C=O) groups is 1. The molecular formula is C20H21ClN4OS. The summed E-state index contributed by atoms with van der Waals surface area (Å²) in [5.74, 6) is 0.000192. The molecule has 0 bridgehead atoms. The van der Waals surface area contributed by atoms with Crippen LogP contribution in [0.25, 0.3) is 10.2 Å². The Morgan fingerprint density at radius 2 is 1.74 bits per heavy atom. The first-order valence-electron chi connectivity index (χ1n) is 9.00. The molecule has 0 radical (unpaired) electrons. The summed E-state index contributed by atoms with van der Waals surface area (Å²) >= 11 is 7.45. The monoisotopic (exact) mass is 400 g/mol. The van der Waals surface area contributed by atoms with Gasteiger partial charge in [-0.15, -0.1) is 0 Å². The second kappa shape index (κ2) is 8.35. The molecule has 1 amide bonds. The summed E-state index contributed by atoms with van der Waals surface area (Å²) in [4.78, 5) is 21.4. The molecule has 2 heterocycles. The normalized spacial score (nSPS) is 15.9. The number of nitrogens with one attached hydrogen (secondary N) is 1. The summed E-state index contributed by atoms with van der Waals surface area (Å²) in [6, 6.07) is 15.9. The smallest absolute Gasteiger partial charge is 0.240 e. The van der Waals surface area contributed by atoms with Crippen LogP contribution in [0.4, 0.5) is 5.13 Å². The van der Waals surface area contributed by atoms with E-state index in [2.05, 4.69) is 32.2 Å². The van der Waals surface area contributed by atoms with E-state index in [1.807, 2.05) is 36.4 Å². The Hall–Kier alpha value is -1.99. The fourth-order valence-electron chi connectivity index (χ4n) is 3.24. The van der Waals surface area contributed by atoms with Gasteiger partial charge < -0.3 is 5.32 Å². The summed E-state index contributed by atoms with van der Waals surface area (Å²) < 4.78 is 1.09. The Bertz CT molecular complexity index is 886. The van der Waals surface area contributed by atoms with Crippen molar-refractivity contribution in [2.24, 2.45) is 0 Å². The number of amides is 1. The van der Waals surface area contributed by atoms with Crippen molar-refractivity contribution in [1.29, 1.82) is 0 Å². The van der Waals surface area contributed by atoms with Gasteiger partial charge in [0.05, 0.1) is 16.8 Å². The number of rotatable bonds is 5. The van der Waals surface area contributed by atoms with E-state index in [0.717, 1.165) is 48.0 Å². The van der Waals surface area contributed by atoms with Crippen molar-refractivity contribution in [3.63, 3.8) is 0 Å². The molecule has 1 aromatic heterocycles. The summed E-state index contributed by atoms with van der Waals surface area (Å²) in [7, 11) is 0. The number of anilines is 1. The van der Waals surface area contributed by atoms with E-state index in [4.69, 9.17) is 11.6 Å². The average molecular weight is 401 g/mol. The van der Waals surface area contributed by atoms with Crippen LogP contribution in [-0.4, -0.2) is 53.4 Å². The molecule has 2 aromatic carbocycles. The highest BCUT2D eigenvalue weighted by Gasteiger charge is 2.19. The quantitative estimate of drug-likeness (QED) is 0.709. The zero-order valence-electron chi connectivity index (χ0n) is 14.9. The van der Waals surface area contributed by atoms with Crippen molar-refractivity contribution in [1.82, 2.24) is 14.8 Å². The minimum atomic E-state index is 0.000192. The Labute approximate surface area is 167 Å². The average Bonchev–Trinajstić information content (AvgIpc) is 3.07. The highest BCUT2D eigenvalue weighted by molar-refractivity contribution is 7.22. The predicted molar refractivity (Wildman–Crippen MR) is 111 cm³/mol. The third-order valence-electron chi connectivity index (χ3n) is 4.69. The van der Waals surface area contributed by atoms with Gasteiger partial charge in [-0.25, -0.2) is 4.98 Å². The van der Waals surface area contributed by atoms with Gasteiger partial charge in [0.2, 0.25) is 5.91 Å². The lowest BCUT2D eigenvalue weighted by Crippen LogP contribution is -2.48. The number of halogens is 1. The Morgan fingerprint density at radius 1 is 1.04 bits per heavy atom. The molecule has 1 aliphatic rings. The van der Waals surface area contributed by atoms with Gasteiger partial charge in [-0.2, -0.15) is 0 Å². The number of hydrogen-bond acceptors (Lipinski definition) is 5. The maximum atomic E-state index is 12.3. The molecule has 3 aromatic rings. The highest BCUT2D eigenvalue weighted by Crippen LogP contribution is 2.25. The van der Waals surface area contributed by atoms with Gasteiger partial charge in [0.15, 0.2) is 5.13 Å². The topological polar surface area (TPSA) is 48.5 Å². The molecular weight excluding hydrogens is 380 g/mol. The molecule has 0 saturated carbocycles. The summed E-state index contributed by atoms with van der Waals surface area (Å²) in [6.45, 7) is 5.02. The van der Waals surface area contributed by atoms with Gasteiger partial charge in [-0.1, -0.05) is 47.2 Å². The van der Waals surface area contributed by atoms with Gasteiger partial charge in [-0.05, 0) is 29.8 Å². The van der Waals surface area contributed by atoms with Crippen molar-refractivity contribution in [2.45, 2.75) is 6.54 Å². The van der Waals surface area contributed by atoms with Crippen LogP contribution in [0, 0.1) is 0 Å². The number of fused-ring (bicyclic) bond motifs is 1. The van der Waals surface area contributed by atoms with Gasteiger partial charge in [0, 0.05) is 37.7 Å². The molecule has 7 heteroatoms. The number of aromatic nitrogens is 1. The van der Waals surface area contributed by atoms with Crippen LogP contribution >= 0.6 is 22.9 Å². The third kappa shape index (κ3) is 4.84. The van der Waals surface area contributed by atoms with E-state index in [0.29, 0.717) is 11.7 Å². The van der Waals surface area contributed by atoms with Gasteiger partial charge >= 0.3 is 0 Å². The molecule has 4 rings (SSSR count). The van der Waals surface area contributed by atoms with Crippen LogP contribution in [-0.2, 0) is 11.3 Å². The number of benzene rings is 2. The largest absolute Gasteiger partial charge is 0.301 e. The van der Waals surface area contributed by atoms with Crippen molar-refractivity contribution in [3.8, 4) is 0 Å². The van der Waals surface area contributed by atoms with E-state index in [-0.39, 0.29) is 5.91 Å². The fourth-order valence-corrected chi connectivity index (χ4v) is 4.25. The van der Waals surface area contributed by atoms with Crippen molar-refractivity contribution < 1.29 is 4.79 Å². The number of para-hydroxylation sites is 1. The first-order chi connectivity index (χ1) is 13.2. The second-order valence-electron chi connectivity index (χ2n) is 6.71. The number of hydrogen-bond donors (Lipinski definition) is 1. The number of nitrogens with zero attached hydrogens (tertiary/aromatic N) is 3. The summed E-state index contributed by atoms with van der Waals surface area (Å²) in [5, 5.41) is 4.37. The highest BCUT2D eigenvalue weighted by atomic mass is 35.5. The molecule has 1 N–H and O–H groups in total. The minimum absolute atomic E-state index is 0.000192. The lowest BCUT2D eigenvalue weighted by molar-refractivity contribution is -0.117. The molecule has 1 aliphatic heterocycles. The number of piperazine rings is 1. The Kier molecular flexibility index (Phi) is 5.69.